The summed E-state index contributed by atoms with van der Waals surface area (Å²) in [5, 5.41) is 2.51. The van der Waals surface area contributed by atoms with Gasteiger partial charge in [0.25, 0.3) is 0 Å². The molecule has 8 heteroatoms. The second kappa shape index (κ2) is 6.17. The molecule has 0 radical (unpaired) electrons. The summed E-state index contributed by atoms with van der Waals surface area (Å²) in [6.07, 6.45) is -4.52. The van der Waals surface area contributed by atoms with Crippen LogP contribution in [0.1, 0.15) is 24.1 Å². The number of carbonyl (C=O) groups excluding carboxylic acids is 1. The first-order valence-electron chi connectivity index (χ1n) is 5.97. The Balaban J connectivity index is 2.79. The molecule has 0 unspecified atom stereocenters. The van der Waals surface area contributed by atoms with Crippen LogP contribution in [-0.4, -0.2) is 40.9 Å². The van der Waals surface area contributed by atoms with Crippen molar-refractivity contribution in [2.45, 2.75) is 32.6 Å². The highest BCUT2D eigenvalue weighted by Crippen LogP contribution is 2.27. The Kier molecular flexibility index (Phi) is 5.04. The Morgan fingerprint density at radius 1 is 1.40 bits per heavy atom. The van der Waals surface area contributed by atoms with Gasteiger partial charge in [-0.3, -0.25) is 9.69 Å². The molecule has 1 aromatic rings. The van der Waals surface area contributed by atoms with Gasteiger partial charge in [-0.25, -0.2) is 9.97 Å². The monoisotopic (exact) mass is 290 g/mol. The summed E-state index contributed by atoms with van der Waals surface area (Å²) in [6.45, 7) is 3.00. The van der Waals surface area contributed by atoms with Crippen LogP contribution in [0.15, 0.2) is 6.07 Å². The fourth-order valence-electron chi connectivity index (χ4n) is 1.40. The van der Waals surface area contributed by atoms with Gasteiger partial charge in [-0.05, 0) is 34.0 Å². The number of nitrogens with one attached hydrogen (secondary N) is 1. The Morgan fingerprint density at radius 2 is 2.00 bits per heavy atom. The fraction of sp³-hybridized carbons (Fsp3) is 0.583. The van der Waals surface area contributed by atoms with E-state index in [9.17, 15) is 18.0 Å². The number of amides is 1. The van der Waals surface area contributed by atoms with E-state index in [-0.39, 0.29) is 30.0 Å². The van der Waals surface area contributed by atoms with Crippen molar-refractivity contribution >= 4 is 5.91 Å². The normalized spacial score (nSPS) is 13.4. The van der Waals surface area contributed by atoms with Gasteiger partial charge in [0.05, 0.1) is 12.6 Å². The lowest BCUT2D eigenvalue weighted by atomic mass is 10.3. The molecule has 1 atom stereocenters. The number of hydrogen-bond donors (Lipinski definition) is 1. The van der Waals surface area contributed by atoms with Crippen molar-refractivity contribution in [1.29, 1.82) is 0 Å². The van der Waals surface area contributed by atoms with Gasteiger partial charge in [-0.2, -0.15) is 13.2 Å². The predicted molar refractivity (Wildman–Crippen MR) is 66.8 cm³/mol. The summed E-state index contributed by atoms with van der Waals surface area (Å²) in [5.74, 6) is -0.356. The molecule has 0 aliphatic rings. The van der Waals surface area contributed by atoms with Crippen LogP contribution in [0.5, 0.6) is 0 Å². The number of carbonyl (C=O) groups is 1. The van der Waals surface area contributed by atoms with Crippen LogP contribution in [0, 0.1) is 6.92 Å². The number of alkyl halides is 3. The largest absolute Gasteiger partial charge is 0.433 e. The zero-order valence-corrected chi connectivity index (χ0v) is 11.7. The highest BCUT2D eigenvalue weighted by Gasteiger charge is 2.33. The lowest BCUT2D eigenvalue weighted by molar-refractivity contribution is -0.141. The summed E-state index contributed by atoms with van der Waals surface area (Å²) in [5.41, 5.74) is -0.799. The highest BCUT2D eigenvalue weighted by molar-refractivity contribution is 5.81. The maximum absolute atomic E-state index is 12.6. The van der Waals surface area contributed by atoms with Crippen molar-refractivity contribution in [1.82, 2.24) is 20.2 Å². The maximum Gasteiger partial charge on any atom is 0.433 e. The molecule has 0 aliphatic heterocycles. The van der Waals surface area contributed by atoms with Crippen molar-refractivity contribution in [3.63, 3.8) is 0 Å². The number of nitrogens with zero attached hydrogens (tertiary/aromatic N) is 3. The van der Waals surface area contributed by atoms with E-state index >= 15 is 0 Å². The number of hydrogen-bond acceptors (Lipinski definition) is 4. The quantitative estimate of drug-likeness (QED) is 0.910. The Labute approximate surface area is 115 Å². The molecule has 1 aromatic heterocycles. The second-order valence-corrected chi connectivity index (χ2v) is 4.67. The molecule has 1 amide bonds. The highest BCUT2D eigenvalue weighted by atomic mass is 19.4. The number of rotatable bonds is 4. The van der Waals surface area contributed by atoms with Gasteiger partial charge in [0.15, 0.2) is 0 Å². The standard InChI is InChI=1S/C12H17F3N4O/c1-7-5-9(12(13,14)15)18-10(17-7)6-16-11(20)8(2)19(3)4/h5,8H,6H2,1-4H3,(H,16,20)/t8-/m0/s1. The predicted octanol–water partition coefficient (Wildman–Crippen LogP) is 1.37. The third kappa shape index (κ3) is 4.44. The number of aryl methyl sites for hydroxylation is 1. The first kappa shape index (κ1) is 16.4. The molecule has 0 spiro atoms. The van der Waals surface area contributed by atoms with E-state index in [2.05, 4.69) is 15.3 Å². The van der Waals surface area contributed by atoms with Crippen molar-refractivity contribution in [2.24, 2.45) is 0 Å². The lowest BCUT2D eigenvalue weighted by Crippen LogP contribution is -2.41. The first-order chi connectivity index (χ1) is 9.11. The van der Waals surface area contributed by atoms with E-state index in [4.69, 9.17) is 0 Å². The summed E-state index contributed by atoms with van der Waals surface area (Å²) in [7, 11) is 3.46. The van der Waals surface area contributed by atoms with Gasteiger partial charge >= 0.3 is 6.18 Å². The van der Waals surface area contributed by atoms with Crippen LogP contribution in [0.2, 0.25) is 0 Å². The summed E-state index contributed by atoms with van der Waals surface area (Å²) >= 11 is 0. The smallest absolute Gasteiger partial charge is 0.347 e. The second-order valence-electron chi connectivity index (χ2n) is 4.67. The number of likely N-dealkylation sites (N-methyl/N-ethyl adjacent to an activating group) is 1. The first-order valence-corrected chi connectivity index (χ1v) is 5.97. The van der Waals surface area contributed by atoms with Crippen LogP contribution < -0.4 is 5.32 Å². The van der Waals surface area contributed by atoms with Gasteiger partial charge in [-0.15, -0.1) is 0 Å². The third-order valence-corrected chi connectivity index (χ3v) is 2.77. The molecule has 0 saturated heterocycles. The fourth-order valence-corrected chi connectivity index (χ4v) is 1.40. The minimum atomic E-state index is -4.52. The average Bonchev–Trinajstić information content (AvgIpc) is 2.33. The molecule has 20 heavy (non-hydrogen) atoms. The van der Waals surface area contributed by atoms with Gasteiger partial charge in [0.2, 0.25) is 5.91 Å². The van der Waals surface area contributed by atoms with Gasteiger partial charge in [0.1, 0.15) is 11.5 Å². The van der Waals surface area contributed by atoms with E-state index in [1.54, 1.807) is 25.9 Å². The molecule has 112 valence electrons. The van der Waals surface area contributed by atoms with E-state index in [1.807, 2.05) is 0 Å². The zero-order chi connectivity index (χ0) is 15.5. The average molecular weight is 290 g/mol. The van der Waals surface area contributed by atoms with E-state index in [0.29, 0.717) is 0 Å². The molecule has 1 rings (SSSR count). The molecule has 0 bridgehead atoms. The topological polar surface area (TPSA) is 58.1 Å². The third-order valence-electron chi connectivity index (χ3n) is 2.77. The van der Waals surface area contributed by atoms with Gasteiger partial charge < -0.3 is 5.32 Å². The van der Waals surface area contributed by atoms with E-state index in [1.165, 1.54) is 6.92 Å². The maximum atomic E-state index is 12.6. The summed E-state index contributed by atoms with van der Waals surface area (Å²) < 4.78 is 37.8. The summed E-state index contributed by atoms with van der Waals surface area (Å²) in [6, 6.07) is 0.482. The number of aromatic nitrogens is 2. The molecule has 0 aliphatic carbocycles. The van der Waals surface area contributed by atoms with E-state index in [0.717, 1.165) is 6.07 Å². The van der Waals surface area contributed by atoms with Crippen LogP contribution in [0.25, 0.3) is 0 Å². The van der Waals surface area contributed by atoms with E-state index < -0.39 is 11.9 Å². The zero-order valence-electron chi connectivity index (χ0n) is 11.7. The van der Waals surface area contributed by atoms with Crippen LogP contribution in [-0.2, 0) is 17.5 Å². The summed E-state index contributed by atoms with van der Waals surface area (Å²) in [4.78, 5) is 20.7. The SMILES string of the molecule is Cc1cc(C(F)(F)F)nc(CNC(=O)[C@H](C)N(C)C)n1. The Morgan fingerprint density at radius 3 is 2.50 bits per heavy atom. The van der Waals surface area contributed by atoms with Crippen molar-refractivity contribution < 1.29 is 18.0 Å². The molecule has 0 fully saturated rings. The molecule has 0 aromatic carbocycles. The molecular weight excluding hydrogens is 273 g/mol. The minimum absolute atomic E-state index is 0.0587. The van der Waals surface area contributed by atoms with Crippen LogP contribution in [0.4, 0.5) is 13.2 Å². The molecule has 1 N–H and O–H groups in total. The number of halogens is 3. The minimum Gasteiger partial charge on any atom is -0.347 e. The van der Waals surface area contributed by atoms with Crippen molar-refractivity contribution in [3.05, 3.63) is 23.3 Å². The van der Waals surface area contributed by atoms with Crippen molar-refractivity contribution in [3.8, 4) is 0 Å². The van der Waals surface area contributed by atoms with Crippen molar-refractivity contribution in [2.75, 3.05) is 14.1 Å². The van der Waals surface area contributed by atoms with Gasteiger partial charge in [-0.1, -0.05) is 0 Å². The lowest BCUT2D eigenvalue weighted by Gasteiger charge is -2.18. The molecule has 1 heterocycles. The Bertz CT molecular complexity index is 488. The van der Waals surface area contributed by atoms with Gasteiger partial charge in [0, 0.05) is 5.69 Å². The molecule has 0 saturated carbocycles. The molecule has 5 nitrogen and oxygen atoms in total. The van der Waals surface area contributed by atoms with Crippen LogP contribution >= 0.6 is 0 Å². The Hall–Kier alpha value is -1.70. The van der Waals surface area contributed by atoms with Crippen LogP contribution in [0.3, 0.4) is 0 Å². The molecular formula is C12H17F3N4O.